The number of rotatable bonds is 4. The zero-order valence-corrected chi connectivity index (χ0v) is 11.7. The number of ether oxygens (including phenoxy) is 1. The van der Waals surface area contributed by atoms with Crippen LogP contribution in [0.15, 0.2) is 30.3 Å². The van der Waals surface area contributed by atoms with Crippen LogP contribution in [-0.4, -0.2) is 6.61 Å². The van der Waals surface area contributed by atoms with Crippen molar-refractivity contribution in [2.45, 2.75) is 45.1 Å². The smallest absolute Gasteiger partial charge is 0.0717 e. The number of hydrogen-bond donors (Lipinski definition) is 0. The molecule has 1 aromatic carbocycles. The second-order valence-corrected chi connectivity index (χ2v) is 7.40. The lowest BCUT2D eigenvalue weighted by Gasteiger charge is -2.56. The van der Waals surface area contributed by atoms with Gasteiger partial charge >= 0.3 is 0 Å². The Bertz CT molecular complexity index is 401. The molecule has 0 radical (unpaired) electrons. The summed E-state index contributed by atoms with van der Waals surface area (Å²) in [7, 11) is 0. The van der Waals surface area contributed by atoms with Gasteiger partial charge in [-0.3, -0.25) is 0 Å². The Labute approximate surface area is 116 Å². The molecule has 0 spiro atoms. The van der Waals surface area contributed by atoms with Crippen molar-refractivity contribution in [1.29, 1.82) is 0 Å². The molecule has 0 atom stereocenters. The van der Waals surface area contributed by atoms with Crippen LogP contribution >= 0.6 is 0 Å². The molecule has 5 rings (SSSR count). The van der Waals surface area contributed by atoms with E-state index in [2.05, 4.69) is 30.3 Å². The van der Waals surface area contributed by atoms with Crippen LogP contribution in [0.5, 0.6) is 0 Å². The lowest BCUT2D eigenvalue weighted by atomic mass is 9.50. The molecule has 4 saturated carbocycles. The molecule has 4 aliphatic rings. The first kappa shape index (κ1) is 12.0. The monoisotopic (exact) mass is 256 g/mol. The van der Waals surface area contributed by atoms with Crippen LogP contribution in [0, 0.1) is 23.2 Å². The number of hydrogen-bond acceptors (Lipinski definition) is 1. The summed E-state index contributed by atoms with van der Waals surface area (Å²) in [4.78, 5) is 0. The molecule has 0 aromatic heterocycles. The van der Waals surface area contributed by atoms with Crippen LogP contribution < -0.4 is 0 Å². The van der Waals surface area contributed by atoms with Gasteiger partial charge in [-0.05, 0) is 67.3 Å². The highest BCUT2D eigenvalue weighted by Gasteiger charge is 2.50. The SMILES string of the molecule is c1ccc(COCC23CC4CC(CC(C4)C2)C3)cc1. The minimum absolute atomic E-state index is 0.559. The van der Waals surface area contributed by atoms with E-state index in [1.165, 1.54) is 44.1 Å². The highest BCUT2D eigenvalue weighted by molar-refractivity contribution is 5.13. The molecule has 19 heavy (non-hydrogen) atoms. The quantitative estimate of drug-likeness (QED) is 0.775. The van der Waals surface area contributed by atoms with Crippen molar-refractivity contribution in [3.05, 3.63) is 35.9 Å². The molecular weight excluding hydrogens is 232 g/mol. The summed E-state index contributed by atoms with van der Waals surface area (Å²) in [5, 5.41) is 0. The van der Waals surface area contributed by atoms with Gasteiger partial charge < -0.3 is 4.74 Å². The van der Waals surface area contributed by atoms with Crippen molar-refractivity contribution in [2.24, 2.45) is 23.2 Å². The lowest BCUT2D eigenvalue weighted by molar-refractivity contribution is -0.0994. The van der Waals surface area contributed by atoms with E-state index in [1.807, 2.05) is 0 Å². The summed E-state index contributed by atoms with van der Waals surface area (Å²) < 4.78 is 6.10. The molecule has 0 unspecified atom stereocenters. The van der Waals surface area contributed by atoms with Crippen LogP contribution in [0.4, 0.5) is 0 Å². The van der Waals surface area contributed by atoms with E-state index >= 15 is 0 Å². The average molecular weight is 256 g/mol. The Morgan fingerprint density at radius 1 is 0.895 bits per heavy atom. The Hall–Kier alpha value is -0.820. The molecular formula is C18H24O. The Balaban J connectivity index is 1.38. The van der Waals surface area contributed by atoms with Crippen molar-refractivity contribution in [3.63, 3.8) is 0 Å². The maximum atomic E-state index is 6.10. The predicted molar refractivity (Wildman–Crippen MR) is 76.7 cm³/mol. The minimum atomic E-state index is 0.559. The van der Waals surface area contributed by atoms with Crippen LogP contribution in [0.25, 0.3) is 0 Å². The lowest BCUT2D eigenvalue weighted by Crippen LogP contribution is -2.48. The first-order valence-electron chi connectivity index (χ1n) is 7.93. The summed E-state index contributed by atoms with van der Waals surface area (Å²) in [6.45, 7) is 1.80. The van der Waals surface area contributed by atoms with Crippen LogP contribution in [0.1, 0.15) is 44.1 Å². The topological polar surface area (TPSA) is 9.23 Å². The largest absolute Gasteiger partial charge is 0.376 e. The first-order valence-corrected chi connectivity index (χ1v) is 7.93. The zero-order valence-electron chi connectivity index (χ0n) is 11.7. The van der Waals surface area contributed by atoms with Gasteiger partial charge in [0.15, 0.2) is 0 Å². The molecule has 1 heteroatoms. The van der Waals surface area contributed by atoms with Gasteiger partial charge in [-0.15, -0.1) is 0 Å². The Morgan fingerprint density at radius 2 is 1.47 bits per heavy atom. The van der Waals surface area contributed by atoms with Gasteiger partial charge in [0.25, 0.3) is 0 Å². The van der Waals surface area contributed by atoms with Crippen molar-refractivity contribution in [2.75, 3.05) is 6.61 Å². The fraction of sp³-hybridized carbons (Fsp3) is 0.667. The summed E-state index contributed by atoms with van der Waals surface area (Å²) >= 11 is 0. The molecule has 0 amide bonds. The van der Waals surface area contributed by atoms with E-state index in [-0.39, 0.29) is 0 Å². The zero-order chi connectivity index (χ0) is 12.7. The minimum Gasteiger partial charge on any atom is -0.376 e. The van der Waals surface area contributed by atoms with E-state index in [4.69, 9.17) is 4.74 Å². The summed E-state index contributed by atoms with van der Waals surface area (Å²) in [6, 6.07) is 10.6. The van der Waals surface area contributed by atoms with Crippen LogP contribution in [-0.2, 0) is 11.3 Å². The van der Waals surface area contributed by atoms with Gasteiger partial charge in [0, 0.05) is 0 Å². The van der Waals surface area contributed by atoms with Gasteiger partial charge in [0.1, 0.15) is 0 Å². The molecule has 4 bridgehead atoms. The third kappa shape index (κ3) is 2.33. The second-order valence-electron chi connectivity index (χ2n) is 7.40. The van der Waals surface area contributed by atoms with E-state index in [9.17, 15) is 0 Å². The average Bonchev–Trinajstić information content (AvgIpc) is 2.38. The molecule has 4 aliphatic carbocycles. The normalized spacial score (nSPS) is 39.7. The van der Waals surface area contributed by atoms with Gasteiger partial charge in [-0.1, -0.05) is 30.3 Å². The van der Waals surface area contributed by atoms with Crippen molar-refractivity contribution < 1.29 is 4.74 Å². The van der Waals surface area contributed by atoms with E-state index in [0.29, 0.717) is 5.41 Å². The fourth-order valence-electron chi connectivity index (χ4n) is 5.43. The van der Waals surface area contributed by atoms with E-state index in [0.717, 1.165) is 31.0 Å². The Morgan fingerprint density at radius 3 is 2.05 bits per heavy atom. The summed E-state index contributed by atoms with van der Waals surface area (Å²) in [5.41, 5.74) is 1.87. The maximum absolute atomic E-state index is 6.10. The molecule has 1 nitrogen and oxygen atoms in total. The molecule has 102 valence electrons. The van der Waals surface area contributed by atoms with Crippen molar-refractivity contribution in [1.82, 2.24) is 0 Å². The summed E-state index contributed by atoms with van der Waals surface area (Å²) in [5.74, 6) is 3.10. The molecule has 0 heterocycles. The van der Waals surface area contributed by atoms with Gasteiger partial charge in [-0.2, -0.15) is 0 Å². The molecule has 4 fully saturated rings. The second kappa shape index (κ2) is 4.63. The standard InChI is InChI=1S/C18H24O/c1-2-4-14(5-3-1)12-19-13-18-9-15-6-16(10-18)8-17(7-15)11-18/h1-5,15-17H,6-13H2. The Kier molecular flexibility index (Phi) is 2.91. The highest BCUT2D eigenvalue weighted by Crippen LogP contribution is 2.60. The van der Waals surface area contributed by atoms with Gasteiger partial charge in [-0.25, -0.2) is 0 Å². The summed E-state index contributed by atoms with van der Waals surface area (Å²) in [6.07, 6.45) is 8.93. The van der Waals surface area contributed by atoms with E-state index in [1.54, 1.807) is 0 Å². The van der Waals surface area contributed by atoms with Gasteiger partial charge in [0.05, 0.1) is 13.2 Å². The van der Waals surface area contributed by atoms with Gasteiger partial charge in [0.2, 0.25) is 0 Å². The third-order valence-corrected chi connectivity index (χ3v) is 5.68. The molecule has 1 aromatic rings. The molecule has 0 aliphatic heterocycles. The molecule has 0 saturated heterocycles. The van der Waals surface area contributed by atoms with Crippen molar-refractivity contribution >= 4 is 0 Å². The fourth-order valence-corrected chi connectivity index (χ4v) is 5.43. The first-order chi connectivity index (χ1) is 9.31. The number of benzene rings is 1. The molecule has 0 N–H and O–H groups in total. The van der Waals surface area contributed by atoms with E-state index < -0.39 is 0 Å². The predicted octanol–water partition coefficient (Wildman–Crippen LogP) is 4.42. The highest BCUT2D eigenvalue weighted by atomic mass is 16.5. The van der Waals surface area contributed by atoms with Crippen molar-refractivity contribution in [3.8, 4) is 0 Å². The van der Waals surface area contributed by atoms with Crippen LogP contribution in [0.2, 0.25) is 0 Å². The third-order valence-electron chi connectivity index (χ3n) is 5.68. The maximum Gasteiger partial charge on any atom is 0.0717 e. The van der Waals surface area contributed by atoms with Crippen LogP contribution in [0.3, 0.4) is 0 Å².